The Morgan fingerprint density at radius 1 is 1.30 bits per heavy atom. The molecule has 1 aliphatic rings. The fourth-order valence-corrected chi connectivity index (χ4v) is 2.81. The zero-order chi connectivity index (χ0) is 16.4. The molecule has 0 radical (unpaired) electrons. The van der Waals surface area contributed by atoms with E-state index in [4.69, 9.17) is 0 Å². The first-order valence-electron chi connectivity index (χ1n) is 7.97. The van der Waals surface area contributed by atoms with E-state index in [1.807, 2.05) is 18.0 Å². The van der Waals surface area contributed by atoms with Gasteiger partial charge in [-0.3, -0.25) is 9.48 Å². The summed E-state index contributed by atoms with van der Waals surface area (Å²) in [5, 5.41) is 4.06. The van der Waals surface area contributed by atoms with Crippen molar-refractivity contribution in [1.82, 2.24) is 29.6 Å². The Morgan fingerprint density at radius 2 is 2.13 bits per heavy atom. The number of fused-ring (bicyclic) bond motifs is 1. The van der Waals surface area contributed by atoms with E-state index in [1.54, 1.807) is 11.0 Å². The van der Waals surface area contributed by atoms with E-state index in [9.17, 15) is 4.79 Å². The zero-order valence-electron chi connectivity index (χ0n) is 13.8. The highest BCUT2D eigenvalue weighted by Gasteiger charge is 2.28. The number of carbonyl (C=O) groups is 1. The molecule has 1 aliphatic heterocycles. The SMILES string of the molecule is CC(C)Cc1ncc2c(n1)CN(C(=O)[C@H](C)Cn1cncn1)C2. The van der Waals surface area contributed by atoms with Crippen LogP contribution in [0.1, 0.15) is 37.9 Å². The predicted molar refractivity (Wildman–Crippen MR) is 84.0 cm³/mol. The van der Waals surface area contributed by atoms with Crippen molar-refractivity contribution in [3.63, 3.8) is 0 Å². The fraction of sp³-hybridized carbons (Fsp3) is 0.562. The molecule has 2 aromatic rings. The van der Waals surface area contributed by atoms with E-state index in [0.29, 0.717) is 25.6 Å². The smallest absolute Gasteiger partial charge is 0.227 e. The molecule has 23 heavy (non-hydrogen) atoms. The lowest BCUT2D eigenvalue weighted by Crippen LogP contribution is -2.32. The Labute approximate surface area is 135 Å². The highest BCUT2D eigenvalue weighted by molar-refractivity contribution is 5.79. The Balaban J connectivity index is 1.65. The van der Waals surface area contributed by atoms with Crippen molar-refractivity contribution < 1.29 is 4.79 Å². The second-order valence-electron chi connectivity index (χ2n) is 6.57. The van der Waals surface area contributed by atoms with Crippen molar-refractivity contribution in [3.8, 4) is 0 Å². The number of rotatable bonds is 5. The molecule has 0 bridgehead atoms. The number of hydrogen-bond donors (Lipinski definition) is 0. The molecule has 7 nitrogen and oxygen atoms in total. The van der Waals surface area contributed by atoms with Gasteiger partial charge in [0.05, 0.1) is 24.7 Å². The fourth-order valence-electron chi connectivity index (χ4n) is 2.81. The largest absolute Gasteiger partial charge is 0.332 e. The van der Waals surface area contributed by atoms with Crippen LogP contribution in [0.15, 0.2) is 18.9 Å². The van der Waals surface area contributed by atoms with Crippen LogP contribution in [0, 0.1) is 11.8 Å². The quantitative estimate of drug-likeness (QED) is 0.834. The molecule has 0 saturated carbocycles. The molecule has 0 fully saturated rings. The predicted octanol–water partition coefficient (Wildman–Crippen LogP) is 1.45. The van der Waals surface area contributed by atoms with Gasteiger partial charge in [0.15, 0.2) is 0 Å². The molecule has 1 amide bonds. The molecular formula is C16H22N6O. The Morgan fingerprint density at radius 3 is 2.83 bits per heavy atom. The highest BCUT2D eigenvalue weighted by atomic mass is 16.2. The van der Waals surface area contributed by atoms with Gasteiger partial charge >= 0.3 is 0 Å². The lowest BCUT2D eigenvalue weighted by molar-refractivity contribution is -0.136. The third-order valence-corrected chi connectivity index (χ3v) is 3.96. The number of carbonyl (C=O) groups excluding carboxylic acids is 1. The molecule has 3 rings (SSSR count). The lowest BCUT2D eigenvalue weighted by Gasteiger charge is -2.19. The van der Waals surface area contributed by atoms with Gasteiger partial charge in [-0.05, 0) is 5.92 Å². The van der Waals surface area contributed by atoms with E-state index in [2.05, 4.69) is 33.9 Å². The highest BCUT2D eigenvalue weighted by Crippen LogP contribution is 2.23. The van der Waals surface area contributed by atoms with Gasteiger partial charge in [-0.1, -0.05) is 20.8 Å². The molecule has 0 saturated heterocycles. The van der Waals surface area contributed by atoms with Gasteiger partial charge in [-0.2, -0.15) is 5.10 Å². The molecule has 0 aliphatic carbocycles. The first-order chi connectivity index (χ1) is 11.0. The number of nitrogens with zero attached hydrogens (tertiary/aromatic N) is 6. The van der Waals surface area contributed by atoms with Crippen molar-refractivity contribution in [1.29, 1.82) is 0 Å². The third-order valence-electron chi connectivity index (χ3n) is 3.96. The van der Waals surface area contributed by atoms with Crippen molar-refractivity contribution in [2.24, 2.45) is 11.8 Å². The zero-order valence-corrected chi connectivity index (χ0v) is 13.8. The average molecular weight is 314 g/mol. The van der Waals surface area contributed by atoms with Crippen molar-refractivity contribution in [2.75, 3.05) is 0 Å². The molecule has 0 spiro atoms. The molecule has 0 aromatic carbocycles. The van der Waals surface area contributed by atoms with Gasteiger partial charge in [-0.15, -0.1) is 0 Å². The minimum atomic E-state index is -0.144. The molecule has 3 heterocycles. The van der Waals surface area contributed by atoms with Gasteiger partial charge in [0.2, 0.25) is 5.91 Å². The molecule has 7 heteroatoms. The van der Waals surface area contributed by atoms with Crippen LogP contribution in [0.2, 0.25) is 0 Å². The maximum atomic E-state index is 12.6. The topological polar surface area (TPSA) is 76.8 Å². The van der Waals surface area contributed by atoms with Crippen LogP contribution in [-0.2, 0) is 30.8 Å². The maximum absolute atomic E-state index is 12.6. The molecule has 1 atom stereocenters. The normalized spacial score (nSPS) is 15.0. The van der Waals surface area contributed by atoms with E-state index in [1.165, 1.54) is 6.33 Å². The van der Waals surface area contributed by atoms with Crippen molar-refractivity contribution in [2.45, 2.75) is 46.8 Å². The minimum Gasteiger partial charge on any atom is -0.332 e. The number of hydrogen-bond acceptors (Lipinski definition) is 5. The molecule has 122 valence electrons. The summed E-state index contributed by atoms with van der Waals surface area (Å²) in [4.78, 5) is 27.4. The minimum absolute atomic E-state index is 0.115. The van der Waals surface area contributed by atoms with Crippen molar-refractivity contribution >= 4 is 5.91 Å². The summed E-state index contributed by atoms with van der Waals surface area (Å²) in [7, 11) is 0. The Kier molecular flexibility index (Phi) is 4.36. The lowest BCUT2D eigenvalue weighted by atomic mass is 10.1. The van der Waals surface area contributed by atoms with Gasteiger partial charge in [0.25, 0.3) is 0 Å². The first kappa shape index (κ1) is 15.6. The summed E-state index contributed by atoms with van der Waals surface area (Å²) in [6.45, 7) is 7.93. The summed E-state index contributed by atoms with van der Waals surface area (Å²) < 4.78 is 1.69. The number of aromatic nitrogens is 5. The average Bonchev–Trinajstić information content (AvgIpc) is 3.14. The van der Waals surface area contributed by atoms with E-state index >= 15 is 0 Å². The standard InChI is InChI=1S/C16H22N6O/c1-11(2)4-15-18-5-13-7-21(8-14(13)20-15)16(23)12(3)6-22-10-17-9-19-22/h5,9-12H,4,6-8H2,1-3H3/t12-/m1/s1. The van der Waals surface area contributed by atoms with Gasteiger partial charge < -0.3 is 4.90 Å². The van der Waals surface area contributed by atoms with Gasteiger partial charge in [0.1, 0.15) is 18.5 Å². The summed E-state index contributed by atoms with van der Waals surface area (Å²) in [6, 6.07) is 0. The van der Waals surface area contributed by atoms with Crippen LogP contribution in [0.3, 0.4) is 0 Å². The van der Waals surface area contributed by atoms with Crippen LogP contribution < -0.4 is 0 Å². The molecule has 2 aromatic heterocycles. The van der Waals surface area contributed by atoms with Gasteiger partial charge in [0, 0.05) is 24.7 Å². The Bertz CT molecular complexity index is 682. The summed E-state index contributed by atoms with van der Waals surface area (Å²) in [5.41, 5.74) is 2.04. The van der Waals surface area contributed by atoms with Crippen LogP contribution >= 0.6 is 0 Å². The second kappa shape index (κ2) is 6.44. The van der Waals surface area contributed by atoms with Crippen LogP contribution in [-0.4, -0.2) is 35.5 Å². The molecule has 0 N–H and O–H groups in total. The first-order valence-corrected chi connectivity index (χ1v) is 7.97. The van der Waals surface area contributed by atoms with Gasteiger partial charge in [-0.25, -0.2) is 15.0 Å². The second-order valence-corrected chi connectivity index (χ2v) is 6.57. The summed E-state index contributed by atoms with van der Waals surface area (Å²) in [5.74, 6) is 1.36. The monoisotopic (exact) mass is 314 g/mol. The summed E-state index contributed by atoms with van der Waals surface area (Å²) in [6.07, 6.45) is 5.85. The molecule has 0 unspecified atom stereocenters. The maximum Gasteiger partial charge on any atom is 0.227 e. The van der Waals surface area contributed by atoms with Crippen LogP contribution in [0.4, 0.5) is 0 Å². The number of amides is 1. The van der Waals surface area contributed by atoms with Crippen LogP contribution in [0.25, 0.3) is 0 Å². The molecular weight excluding hydrogens is 292 g/mol. The van der Waals surface area contributed by atoms with E-state index in [-0.39, 0.29) is 11.8 Å². The van der Waals surface area contributed by atoms with Crippen molar-refractivity contribution in [3.05, 3.63) is 35.9 Å². The third kappa shape index (κ3) is 3.55. The van der Waals surface area contributed by atoms with Crippen LogP contribution in [0.5, 0.6) is 0 Å². The van der Waals surface area contributed by atoms with E-state index < -0.39 is 0 Å². The Hall–Kier alpha value is -2.31. The van der Waals surface area contributed by atoms with E-state index in [0.717, 1.165) is 23.5 Å². The summed E-state index contributed by atoms with van der Waals surface area (Å²) >= 11 is 0.